The maximum Gasteiger partial charge on any atom is 0.240 e. The molecular formula is C11H19N5O. The molecule has 94 valence electrons. The van der Waals surface area contributed by atoms with Crippen molar-refractivity contribution in [3.63, 3.8) is 0 Å². The number of carbonyl (C=O) groups excluding carboxylic acids is 1. The van der Waals surface area contributed by atoms with Gasteiger partial charge in [-0.15, -0.1) is 0 Å². The Morgan fingerprint density at radius 2 is 2.29 bits per heavy atom. The smallest absolute Gasteiger partial charge is 0.240 e. The number of carbonyl (C=O) groups is 1. The van der Waals surface area contributed by atoms with Crippen LogP contribution >= 0.6 is 0 Å². The number of aromatic nitrogens is 3. The molecule has 2 rings (SSSR count). The molecule has 0 spiro atoms. The summed E-state index contributed by atoms with van der Waals surface area (Å²) in [6.07, 6.45) is 2.42. The Balaban J connectivity index is 1.90. The van der Waals surface area contributed by atoms with Crippen molar-refractivity contribution in [2.45, 2.75) is 32.7 Å². The Kier molecular flexibility index (Phi) is 3.42. The normalized spacial score (nSPS) is 15.3. The first kappa shape index (κ1) is 12.0. The number of nitrogens with zero attached hydrogens (tertiary/aromatic N) is 4. The molecular weight excluding hydrogens is 218 g/mol. The van der Waals surface area contributed by atoms with Crippen molar-refractivity contribution in [1.82, 2.24) is 19.7 Å². The highest BCUT2D eigenvalue weighted by atomic mass is 16.2. The molecule has 6 heteroatoms. The number of amides is 1. The lowest BCUT2D eigenvalue weighted by Gasteiger charge is -2.18. The molecule has 1 aromatic rings. The van der Waals surface area contributed by atoms with E-state index < -0.39 is 0 Å². The van der Waals surface area contributed by atoms with Crippen molar-refractivity contribution < 1.29 is 4.79 Å². The van der Waals surface area contributed by atoms with Gasteiger partial charge in [0, 0.05) is 13.1 Å². The highest BCUT2D eigenvalue weighted by molar-refractivity contribution is 5.90. The minimum Gasteiger partial charge on any atom is -0.294 e. The van der Waals surface area contributed by atoms with E-state index >= 15 is 0 Å². The van der Waals surface area contributed by atoms with E-state index in [1.54, 1.807) is 18.7 Å². The monoisotopic (exact) mass is 237 g/mol. The molecule has 6 nitrogen and oxygen atoms in total. The van der Waals surface area contributed by atoms with Gasteiger partial charge >= 0.3 is 0 Å². The third kappa shape index (κ3) is 3.03. The molecule has 0 aromatic carbocycles. The van der Waals surface area contributed by atoms with E-state index in [0.29, 0.717) is 24.4 Å². The van der Waals surface area contributed by atoms with Gasteiger partial charge in [-0.1, -0.05) is 6.92 Å². The zero-order chi connectivity index (χ0) is 12.4. The van der Waals surface area contributed by atoms with E-state index in [9.17, 15) is 4.79 Å². The van der Waals surface area contributed by atoms with Gasteiger partial charge in [0.25, 0.3) is 0 Å². The van der Waals surface area contributed by atoms with Crippen molar-refractivity contribution in [2.24, 2.45) is 7.05 Å². The first-order valence-corrected chi connectivity index (χ1v) is 6.01. The molecule has 17 heavy (non-hydrogen) atoms. The zero-order valence-electron chi connectivity index (χ0n) is 10.6. The third-order valence-electron chi connectivity index (χ3n) is 2.94. The predicted molar refractivity (Wildman–Crippen MR) is 64.6 cm³/mol. The van der Waals surface area contributed by atoms with E-state index in [4.69, 9.17) is 0 Å². The maximum atomic E-state index is 11.8. The van der Waals surface area contributed by atoms with Crippen molar-refractivity contribution in [2.75, 3.05) is 18.4 Å². The Morgan fingerprint density at radius 3 is 2.76 bits per heavy atom. The molecule has 0 bridgehead atoms. The molecule has 1 aromatic heterocycles. The molecule has 1 N–H and O–H groups in total. The summed E-state index contributed by atoms with van der Waals surface area (Å²) in [5.41, 5.74) is 0. The highest BCUT2D eigenvalue weighted by Gasteiger charge is 2.29. The quantitative estimate of drug-likeness (QED) is 0.812. The largest absolute Gasteiger partial charge is 0.294 e. The fourth-order valence-electron chi connectivity index (χ4n) is 1.91. The first-order valence-electron chi connectivity index (χ1n) is 6.01. The van der Waals surface area contributed by atoms with Crippen LogP contribution in [0.1, 0.15) is 25.6 Å². The summed E-state index contributed by atoms with van der Waals surface area (Å²) in [6, 6.07) is 0.604. The Bertz CT molecular complexity index is 410. The van der Waals surface area contributed by atoms with Crippen LogP contribution in [0.25, 0.3) is 0 Å². The molecule has 1 saturated carbocycles. The lowest BCUT2D eigenvalue weighted by Crippen LogP contribution is -2.35. The van der Waals surface area contributed by atoms with E-state index in [-0.39, 0.29) is 5.91 Å². The second kappa shape index (κ2) is 4.83. The van der Waals surface area contributed by atoms with Gasteiger partial charge in [0.2, 0.25) is 11.9 Å². The summed E-state index contributed by atoms with van der Waals surface area (Å²) < 4.78 is 1.58. The number of hydrogen-bond donors (Lipinski definition) is 1. The van der Waals surface area contributed by atoms with Crippen molar-refractivity contribution in [3.8, 4) is 0 Å². The van der Waals surface area contributed by atoms with Gasteiger partial charge in [0.15, 0.2) is 0 Å². The summed E-state index contributed by atoms with van der Waals surface area (Å²) >= 11 is 0. The molecule has 0 saturated heterocycles. The number of aryl methyl sites for hydroxylation is 2. The number of anilines is 1. The second-order valence-electron chi connectivity index (χ2n) is 4.45. The van der Waals surface area contributed by atoms with Gasteiger partial charge in [-0.25, -0.2) is 4.68 Å². The molecule has 0 atom stereocenters. The van der Waals surface area contributed by atoms with Crippen LogP contribution in [0.2, 0.25) is 0 Å². The average molecular weight is 237 g/mol. The third-order valence-corrected chi connectivity index (χ3v) is 2.94. The van der Waals surface area contributed by atoms with Crippen LogP contribution in [0, 0.1) is 6.92 Å². The molecule has 1 amide bonds. The number of rotatable bonds is 5. The summed E-state index contributed by atoms with van der Waals surface area (Å²) in [5, 5.41) is 6.88. The van der Waals surface area contributed by atoms with Gasteiger partial charge in [0.1, 0.15) is 5.82 Å². The van der Waals surface area contributed by atoms with Crippen LogP contribution in [0.4, 0.5) is 5.95 Å². The van der Waals surface area contributed by atoms with E-state index in [2.05, 4.69) is 27.2 Å². The lowest BCUT2D eigenvalue weighted by atomic mass is 10.4. The summed E-state index contributed by atoms with van der Waals surface area (Å²) in [5.74, 6) is 1.16. The van der Waals surface area contributed by atoms with Crippen molar-refractivity contribution >= 4 is 11.9 Å². The molecule has 1 fully saturated rings. The van der Waals surface area contributed by atoms with E-state index in [1.807, 2.05) is 0 Å². The van der Waals surface area contributed by atoms with Crippen LogP contribution in [-0.2, 0) is 11.8 Å². The fraction of sp³-hybridized carbons (Fsp3) is 0.727. The highest BCUT2D eigenvalue weighted by Crippen LogP contribution is 2.26. The van der Waals surface area contributed by atoms with Gasteiger partial charge in [-0.2, -0.15) is 10.1 Å². The topological polar surface area (TPSA) is 63.1 Å². The molecule has 0 radical (unpaired) electrons. The summed E-state index contributed by atoms with van der Waals surface area (Å²) in [7, 11) is 1.77. The Labute approximate surface area is 101 Å². The number of likely N-dealkylation sites (N-methyl/N-ethyl adjacent to an activating group) is 1. The Hall–Kier alpha value is -1.43. The molecule has 1 aliphatic rings. The molecule has 0 aliphatic heterocycles. The van der Waals surface area contributed by atoms with Gasteiger partial charge < -0.3 is 0 Å². The number of nitrogens with one attached hydrogen (secondary N) is 1. The van der Waals surface area contributed by atoms with Crippen LogP contribution in [0.3, 0.4) is 0 Å². The first-order chi connectivity index (χ1) is 8.10. The number of hydrogen-bond acceptors (Lipinski definition) is 4. The average Bonchev–Trinajstić information content (AvgIpc) is 3.04. The zero-order valence-corrected chi connectivity index (χ0v) is 10.6. The van der Waals surface area contributed by atoms with E-state index in [1.165, 1.54) is 12.8 Å². The van der Waals surface area contributed by atoms with Gasteiger partial charge in [-0.05, 0) is 26.3 Å². The minimum absolute atomic E-state index is 0.0192. The molecule has 1 aliphatic carbocycles. The fourth-order valence-corrected chi connectivity index (χ4v) is 1.91. The standard InChI is InChI=1S/C11H19N5O/c1-4-16(9-5-6-9)7-10(17)13-11-12-8(2)14-15(11)3/h9H,4-7H2,1-3H3,(H,12,13,14,17). The van der Waals surface area contributed by atoms with E-state index in [0.717, 1.165) is 6.54 Å². The predicted octanol–water partition coefficient (Wildman–Crippen LogP) is 0.546. The van der Waals surface area contributed by atoms with Gasteiger partial charge in [0.05, 0.1) is 6.54 Å². The van der Waals surface area contributed by atoms with Crippen LogP contribution in [0.15, 0.2) is 0 Å². The second-order valence-corrected chi connectivity index (χ2v) is 4.45. The van der Waals surface area contributed by atoms with Crippen LogP contribution < -0.4 is 5.32 Å². The summed E-state index contributed by atoms with van der Waals surface area (Å²) in [6.45, 7) is 5.24. The van der Waals surface area contributed by atoms with Gasteiger partial charge in [-0.3, -0.25) is 15.0 Å². The summed E-state index contributed by atoms with van der Waals surface area (Å²) in [4.78, 5) is 18.2. The lowest BCUT2D eigenvalue weighted by molar-refractivity contribution is -0.117. The minimum atomic E-state index is -0.0192. The maximum absolute atomic E-state index is 11.8. The molecule has 1 heterocycles. The Morgan fingerprint density at radius 1 is 1.59 bits per heavy atom. The SMILES string of the molecule is CCN(CC(=O)Nc1nc(C)nn1C)C1CC1. The van der Waals surface area contributed by atoms with Crippen LogP contribution in [-0.4, -0.2) is 44.7 Å². The van der Waals surface area contributed by atoms with Crippen molar-refractivity contribution in [3.05, 3.63) is 5.82 Å². The van der Waals surface area contributed by atoms with Crippen LogP contribution in [0.5, 0.6) is 0 Å². The van der Waals surface area contributed by atoms with Crippen molar-refractivity contribution in [1.29, 1.82) is 0 Å². The molecule has 0 unspecified atom stereocenters.